The van der Waals surface area contributed by atoms with Gasteiger partial charge in [0.2, 0.25) is 0 Å². The number of nitrogens with zero attached hydrogens (tertiary/aromatic N) is 3. The number of nitro benzene ring substituents is 1. The minimum atomic E-state index is -0.450. The first kappa shape index (κ1) is 15.8. The SMILES string of the molecule is CC(Br)c1nc2c([N+](=O)[O-])cccc2nc1-c1ccccc1Cl. The van der Waals surface area contributed by atoms with Crippen molar-refractivity contribution in [1.29, 1.82) is 0 Å². The van der Waals surface area contributed by atoms with Crippen LogP contribution in [0.15, 0.2) is 42.5 Å². The lowest BCUT2D eigenvalue weighted by molar-refractivity contribution is -0.383. The average Bonchev–Trinajstić information content (AvgIpc) is 2.53. The normalized spacial score (nSPS) is 12.3. The summed E-state index contributed by atoms with van der Waals surface area (Å²) < 4.78 is 0. The predicted octanol–water partition coefficient (Wildman–Crippen LogP) is 5.31. The summed E-state index contributed by atoms with van der Waals surface area (Å²) in [7, 11) is 0. The molecule has 116 valence electrons. The van der Waals surface area contributed by atoms with E-state index in [2.05, 4.69) is 25.9 Å². The first-order chi connectivity index (χ1) is 11.0. The van der Waals surface area contributed by atoms with Gasteiger partial charge in [-0.1, -0.05) is 51.8 Å². The summed E-state index contributed by atoms with van der Waals surface area (Å²) in [5, 5.41) is 11.8. The van der Waals surface area contributed by atoms with Gasteiger partial charge in [0.1, 0.15) is 0 Å². The molecule has 1 atom stereocenters. The lowest BCUT2D eigenvalue weighted by Crippen LogP contribution is -2.02. The fourth-order valence-electron chi connectivity index (χ4n) is 2.35. The molecule has 0 spiro atoms. The van der Waals surface area contributed by atoms with Crippen LogP contribution in [-0.4, -0.2) is 14.9 Å². The van der Waals surface area contributed by atoms with Gasteiger partial charge in [0.15, 0.2) is 5.52 Å². The number of alkyl halides is 1. The highest BCUT2D eigenvalue weighted by Crippen LogP contribution is 2.36. The summed E-state index contributed by atoms with van der Waals surface area (Å²) in [6.45, 7) is 1.89. The van der Waals surface area contributed by atoms with Gasteiger partial charge in [0, 0.05) is 11.6 Å². The Labute approximate surface area is 145 Å². The maximum Gasteiger partial charge on any atom is 0.297 e. The van der Waals surface area contributed by atoms with Gasteiger partial charge >= 0.3 is 0 Å². The minimum absolute atomic E-state index is 0.0601. The van der Waals surface area contributed by atoms with Crippen LogP contribution in [0.3, 0.4) is 0 Å². The third-order valence-electron chi connectivity index (χ3n) is 3.40. The van der Waals surface area contributed by atoms with Crippen LogP contribution in [0.2, 0.25) is 5.02 Å². The Balaban J connectivity index is 2.37. The topological polar surface area (TPSA) is 68.9 Å². The van der Waals surface area contributed by atoms with Crippen LogP contribution in [0.1, 0.15) is 17.4 Å². The van der Waals surface area contributed by atoms with Gasteiger partial charge < -0.3 is 0 Å². The van der Waals surface area contributed by atoms with Crippen molar-refractivity contribution >= 4 is 44.3 Å². The highest BCUT2D eigenvalue weighted by atomic mass is 79.9. The van der Waals surface area contributed by atoms with Crippen molar-refractivity contribution in [2.24, 2.45) is 0 Å². The summed E-state index contributed by atoms with van der Waals surface area (Å²) in [5.74, 6) is 0. The molecule has 5 nitrogen and oxygen atoms in total. The van der Waals surface area contributed by atoms with Crippen molar-refractivity contribution in [3.63, 3.8) is 0 Å². The van der Waals surface area contributed by atoms with Crippen molar-refractivity contribution in [1.82, 2.24) is 9.97 Å². The van der Waals surface area contributed by atoms with E-state index in [1.807, 2.05) is 25.1 Å². The maximum absolute atomic E-state index is 11.2. The Kier molecular flexibility index (Phi) is 4.28. The Morgan fingerprint density at radius 1 is 1.17 bits per heavy atom. The quantitative estimate of drug-likeness (QED) is 0.344. The average molecular weight is 393 g/mol. The van der Waals surface area contributed by atoms with Gasteiger partial charge in [-0.15, -0.1) is 0 Å². The molecule has 0 aliphatic carbocycles. The highest BCUT2D eigenvalue weighted by Gasteiger charge is 2.21. The zero-order valence-electron chi connectivity index (χ0n) is 12.0. The molecular formula is C16H11BrClN3O2. The van der Waals surface area contributed by atoms with E-state index in [1.165, 1.54) is 6.07 Å². The van der Waals surface area contributed by atoms with Crippen LogP contribution < -0.4 is 0 Å². The highest BCUT2D eigenvalue weighted by molar-refractivity contribution is 9.09. The van der Waals surface area contributed by atoms with Gasteiger partial charge in [-0.25, -0.2) is 9.97 Å². The summed E-state index contributed by atoms with van der Waals surface area (Å²) in [6, 6.07) is 12.1. The van der Waals surface area contributed by atoms with Gasteiger partial charge in [-0.2, -0.15) is 0 Å². The van der Waals surface area contributed by atoms with E-state index in [9.17, 15) is 10.1 Å². The number of halogens is 2. The third kappa shape index (κ3) is 2.92. The largest absolute Gasteiger partial charge is 0.297 e. The number of nitro groups is 1. The van der Waals surface area contributed by atoms with Gasteiger partial charge in [-0.3, -0.25) is 10.1 Å². The zero-order chi connectivity index (χ0) is 16.6. The number of non-ortho nitro benzene ring substituents is 1. The fourth-order valence-corrected chi connectivity index (χ4v) is 2.90. The molecule has 2 aromatic carbocycles. The van der Waals surface area contributed by atoms with Crippen molar-refractivity contribution in [3.8, 4) is 11.3 Å². The van der Waals surface area contributed by atoms with Crippen LogP contribution in [0, 0.1) is 10.1 Å². The Morgan fingerprint density at radius 2 is 1.91 bits per heavy atom. The van der Waals surface area contributed by atoms with Gasteiger partial charge in [0.05, 0.1) is 31.7 Å². The molecule has 23 heavy (non-hydrogen) atoms. The monoisotopic (exact) mass is 391 g/mol. The van der Waals surface area contributed by atoms with Gasteiger partial charge in [-0.05, 0) is 19.1 Å². The number of hydrogen-bond donors (Lipinski definition) is 0. The van der Waals surface area contributed by atoms with E-state index in [0.717, 1.165) is 5.56 Å². The second-order valence-corrected chi connectivity index (χ2v) is 6.74. The molecule has 0 N–H and O–H groups in total. The molecule has 0 fully saturated rings. The Bertz CT molecular complexity index is 915. The van der Waals surface area contributed by atoms with Crippen LogP contribution >= 0.6 is 27.5 Å². The number of aromatic nitrogens is 2. The van der Waals surface area contributed by atoms with Crippen molar-refractivity contribution in [2.75, 3.05) is 0 Å². The molecule has 1 heterocycles. The second kappa shape index (κ2) is 6.22. The number of hydrogen-bond acceptors (Lipinski definition) is 4. The predicted molar refractivity (Wildman–Crippen MR) is 94.0 cm³/mol. The lowest BCUT2D eigenvalue weighted by atomic mass is 10.1. The van der Waals surface area contributed by atoms with Crippen molar-refractivity contribution < 1.29 is 4.92 Å². The van der Waals surface area contributed by atoms with E-state index in [4.69, 9.17) is 11.6 Å². The maximum atomic E-state index is 11.2. The van der Waals surface area contributed by atoms with Crippen LogP contribution in [0.4, 0.5) is 5.69 Å². The van der Waals surface area contributed by atoms with Crippen LogP contribution in [-0.2, 0) is 0 Å². The third-order valence-corrected chi connectivity index (χ3v) is 4.17. The van der Waals surface area contributed by atoms with Crippen molar-refractivity contribution in [3.05, 3.63) is 63.3 Å². The molecule has 3 aromatic rings. The van der Waals surface area contributed by atoms with E-state index in [-0.39, 0.29) is 16.0 Å². The fraction of sp³-hybridized carbons (Fsp3) is 0.125. The summed E-state index contributed by atoms with van der Waals surface area (Å²) in [4.78, 5) is 19.7. The molecule has 1 aromatic heterocycles. The Hall–Kier alpha value is -2.05. The summed E-state index contributed by atoms with van der Waals surface area (Å²) in [6.07, 6.45) is 0. The molecule has 0 amide bonds. The molecular weight excluding hydrogens is 382 g/mol. The molecule has 0 aliphatic rings. The standard InChI is InChI=1S/C16H11BrClN3O2/c1-9(17)14-15(10-5-2-3-6-11(10)18)19-12-7-4-8-13(21(22)23)16(12)20-14/h2-9H,1H3. The molecule has 7 heteroatoms. The van der Waals surface area contributed by atoms with E-state index in [0.29, 0.717) is 21.9 Å². The first-order valence-corrected chi connectivity index (χ1v) is 8.12. The summed E-state index contributed by atoms with van der Waals surface area (Å²) >= 11 is 9.76. The molecule has 0 saturated carbocycles. The van der Waals surface area contributed by atoms with E-state index in [1.54, 1.807) is 18.2 Å². The molecule has 3 rings (SSSR count). The van der Waals surface area contributed by atoms with E-state index >= 15 is 0 Å². The zero-order valence-corrected chi connectivity index (χ0v) is 14.4. The number of rotatable bonds is 3. The lowest BCUT2D eigenvalue weighted by Gasteiger charge is -2.12. The molecule has 0 aliphatic heterocycles. The number of para-hydroxylation sites is 1. The molecule has 0 bridgehead atoms. The van der Waals surface area contributed by atoms with Crippen LogP contribution in [0.5, 0.6) is 0 Å². The first-order valence-electron chi connectivity index (χ1n) is 6.83. The molecule has 1 unspecified atom stereocenters. The minimum Gasteiger partial charge on any atom is -0.258 e. The second-order valence-electron chi connectivity index (χ2n) is 4.96. The number of fused-ring (bicyclic) bond motifs is 1. The van der Waals surface area contributed by atoms with Gasteiger partial charge in [0.25, 0.3) is 5.69 Å². The van der Waals surface area contributed by atoms with Crippen molar-refractivity contribution in [2.45, 2.75) is 11.8 Å². The van der Waals surface area contributed by atoms with E-state index < -0.39 is 4.92 Å². The van der Waals surface area contributed by atoms with Crippen LogP contribution in [0.25, 0.3) is 22.3 Å². The smallest absolute Gasteiger partial charge is 0.258 e. The molecule has 0 radical (unpaired) electrons. The number of benzene rings is 2. The molecule has 0 saturated heterocycles. The Morgan fingerprint density at radius 3 is 2.57 bits per heavy atom. The summed E-state index contributed by atoms with van der Waals surface area (Å²) in [5.41, 5.74) is 2.65.